The van der Waals surface area contributed by atoms with Crippen LogP contribution in [0.1, 0.15) is 27.9 Å². The molecule has 0 radical (unpaired) electrons. The number of benzene rings is 2. The number of aromatic carboxylic acids is 1. The van der Waals surface area contributed by atoms with E-state index in [0.29, 0.717) is 23.6 Å². The third-order valence-corrected chi connectivity index (χ3v) is 4.14. The standard InChI is InChI=1S/C21H22N2O5.K.H/c1-23(2)13-17-16-5-3-4-6-18(16)28-19(17)20(24)22-11-12-27-15-9-7-14(8-10-15)21(25)26;;/h3-10H,11-13H2,1-2H3,(H,22,24)(H,25,26);;/q;+1;-1. The largest absolute Gasteiger partial charge is 1.00 e. The number of nitrogens with zero attached hydrogens (tertiary/aromatic N) is 1. The first-order chi connectivity index (χ1) is 13.5. The molecule has 3 rings (SSSR count). The van der Waals surface area contributed by atoms with E-state index in [0.717, 1.165) is 10.9 Å². The summed E-state index contributed by atoms with van der Waals surface area (Å²) in [6.07, 6.45) is 0. The topological polar surface area (TPSA) is 92.0 Å². The Balaban J connectivity index is 0.00000225. The Labute approximate surface area is 212 Å². The zero-order valence-electron chi connectivity index (χ0n) is 17.8. The van der Waals surface area contributed by atoms with E-state index < -0.39 is 5.97 Å². The van der Waals surface area contributed by atoms with Crippen molar-refractivity contribution in [2.75, 3.05) is 27.2 Å². The molecular weight excluding hydrogens is 399 g/mol. The monoisotopic (exact) mass is 422 g/mol. The summed E-state index contributed by atoms with van der Waals surface area (Å²) in [6, 6.07) is 13.7. The number of rotatable bonds is 8. The van der Waals surface area contributed by atoms with Crippen LogP contribution in [0.15, 0.2) is 52.9 Å². The Morgan fingerprint density at radius 3 is 2.48 bits per heavy atom. The van der Waals surface area contributed by atoms with E-state index in [4.69, 9.17) is 14.3 Å². The summed E-state index contributed by atoms with van der Waals surface area (Å²) in [5.41, 5.74) is 1.72. The number of nitrogens with one attached hydrogen (secondary N) is 1. The second kappa shape index (κ2) is 10.9. The van der Waals surface area contributed by atoms with Gasteiger partial charge in [-0.1, -0.05) is 18.2 Å². The van der Waals surface area contributed by atoms with Gasteiger partial charge < -0.3 is 25.9 Å². The van der Waals surface area contributed by atoms with E-state index in [1.165, 1.54) is 12.1 Å². The maximum atomic E-state index is 12.6. The Hall–Kier alpha value is -1.68. The van der Waals surface area contributed by atoms with Gasteiger partial charge in [-0.25, -0.2) is 4.79 Å². The average molecular weight is 423 g/mol. The molecule has 7 nitrogen and oxygen atoms in total. The number of fused-ring (bicyclic) bond motifs is 1. The molecule has 3 aromatic rings. The third-order valence-electron chi connectivity index (χ3n) is 4.14. The van der Waals surface area contributed by atoms with Gasteiger partial charge in [0.15, 0.2) is 5.76 Å². The van der Waals surface area contributed by atoms with Crippen LogP contribution in [0.25, 0.3) is 11.0 Å². The molecule has 0 aliphatic heterocycles. The maximum Gasteiger partial charge on any atom is 1.00 e. The summed E-state index contributed by atoms with van der Waals surface area (Å²) >= 11 is 0. The average Bonchev–Trinajstić information content (AvgIpc) is 3.03. The van der Waals surface area contributed by atoms with Crippen molar-refractivity contribution in [2.24, 2.45) is 0 Å². The van der Waals surface area contributed by atoms with E-state index in [2.05, 4.69) is 5.32 Å². The minimum atomic E-state index is -0.988. The molecule has 0 spiro atoms. The van der Waals surface area contributed by atoms with E-state index in [1.54, 1.807) is 12.1 Å². The first-order valence-electron chi connectivity index (χ1n) is 8.85. The molecule has 0 atom stereocenters. The Kier molecular flexibility index (Phi) is 8.88. The third kappa shape index (κ3) is 6.15. The minimum absolute atomic E-state index is 0. The van der Waals surface area contributed by atoms with E-state index >= 15 is 0 Å². The number of ether oxygens (including phenoxy) is 1. The van der Waals surface area contributed by atoms with E-state index in [9.17, 15) is 9.59 Å². The molecule has 1 aromatic heterocycles. The molecule has 0 saturated heterocycles. The zero-order chi connectivity index (χ0) is 20.1. The number of furan rings is 1. The normalized spacial score (nSPS) is 10.6. The number of carboxylic acid groups (broad SMARTS) is 1. The second-order valence-corrected chi connectivity index (χ2v) is 6.58. The van der Waals surface area contributed by atoms with Gasteiger partial charge in [0.2, 0.25) is 0 Å². The Morgan fingerprint density at radius 1 is 1.14 bits per heavy atom. The van der Waals surface area contributed by atoms with Gasteiger partial charge in [-0.3, -0.25) is 4.79 Å². The predicted octanol–water partition coefficient (Wildman–Crippen LogP) is 0.118. The number of hydrogen-bond donors (Lipinski definition) is 2. The van der Waals surface area contributed by atoms with Crippen molar-refractivity contribution in [3.8, 4) is 5.75 Å². The van der Waals surface area contributed by atoms with Crippen LogP contribution in [0.2, 0.25) is 0 Å². The van der Waals surface area contributed by atoms with Gasteiger partial charge in [0.25, 0.3) is 5.91 Å². The molecule has 0 unspecified atom stereocenters. The van der Waals surface area contributed by atoms with Gasteiger partial charge in [0.05, 0.1) is 12.1 Å². The molecule has 2 aromatic carbocycles. The van der Waals surface area contributed by atoms with E-state index in [-0.39, 0.29) is 77.4 Å². The van der Waals surface area contributed by atoms with Crippen LogP contribution in [0, 0.1) is 0 Å². The van der Waals surface area contributed by atoms with Crippen LogP contribution in [-0.2, 0) is 6.54 Å². The summed E-state index contributed by atoms with van der Waals surface area (Å²) in [7, 11) is 3.87. The Morgan fingerprint density at radius 2 is 1.83 bits per heavy atom. The molecular formula is C21H23KN2O5. The van der Waals surface area contributed by atoms with Gasteiger partial charge in [0.1, 0.15) is 17.9 Å². The molecule has 0 bridgehead atoms. The molecule has 29 heavy (non-hydrogen) atoms. The van der Waals surface area contributed by atoms with Crippen molar-refractivity contribution in [1.82, 2.24) is 10.2 Å². The molecule has 8 heteroatoms. The maximum absolute atomic E-state index is 12.6. The van der Waals surface area contributed by atoms with Crippen molar-refractivity contribution >= 4 is 22.8 Å². The van der Waals surface area contributed by atoms with Crippen LogP contribution in [-0.4, -0.2) is 49.1 Å². The van der Waals surface area contributed by atoms with Crippen LogP contribution in [0.4, 0.5) is 0 Å². The predicted molar refractivity (Wildman–Crippen MR) is 106 cm³/mol. The number of carboxylic acids is 1. The SMILES string of the molecule is CN(C)Cc1c(C(=O)NCCOc2ccc(C(=O)O)cc2)oc2ccccc12.[H-].[K+]. The van der Waals surface area contributed by atoms with Gasteiger partial charge >= 0.3 is 57.4 Å². The van der Waals surface area contributed by atoms with Crippen LogP contribution in [0.5, 0.6) is 5.75 Å². The molecule has 1 heterocycles. The molecule has 0 aliphatic carbocycles. The smallest absolute Gasteiger partial charge is 1.00 e. The molecule has 0 saturated carbocycles. The molecule has 0 fully saturated rings. The van der Waals surface area contributed by atoms with Gasteiger partial charge in [0, 0.05) is 17.5 Å². The van der Waals surface area contributed by atoms with Crippen molar-refractivity contribution in [1.29, 1.82) is 0 Å². The summed E-state index contributed by atoms with van der Waals surface area (Å²) in [6.45, 7) is 1.13. The minimum Gasteiger partial charge on any atom is -1.00 e. The van der Waals surface area contributed by atoms with Crippen LogP contribution in [0.3, 0.4) is 0 Å². The van der Waals surface area contributed by atoms with Gasteiger partial charge in [-0.2, -0.15) is 0 Å². The quantitative estimate of drug-likeness (QED) is 0.396. The van der Waals surface area contributed by atoms with E-state index in [1.807, 2.05) is 43.3 Å². The number of carbonyl (C=O) groups excluding carboxylic acids is 1. The summed E-state index contributed by atoms with van der Waals surface area (Å²) in [5.74, 6) is -0.437. The van der Waals surface area contributed by atoms with Crippen molar-refractivity contribution in [2.45, 2.75) is 6.54 Å². The molecule has 148 valence electrons. The number of hydrogen-bond acceptors (Lipinski definition) is 5. The number of para-hydroxylation sites is 1. The Bertz CT molecular complexity index is 989. The number of carbonyl (C=O) groups is 2. The summed E-state index contributed by atoms with van der Waals surface area (Å²) in [5, 5.41) is 12.6. The summed E-state index contributed by atoms with van der Waals surface area (Å²) < 4.78 is 11.3. The van der Waals surface area contributed by atoms with Gasteiger partial charge in [-0.05, 0) is 44.4 Å². The fourth-order valence-corrected chi connectivity index (χ4v) is 2.86. The molecule has 2 N–H and O–H groups in total. The van der Waals surface area contributed by atoms with Crippen molar-refractivity contribution in [3.05, 3.63) is 65.4 Å². The molecule has 0 aliphatic rings. The van der Waals surface area contributed by atoms with Crippen LogP contribution >= 0.6 is 0 Å². The fraction of sp³-hybridized carbons (Fsp3) is 0.238. The molecule has 1 amide bonds. The van der Waals surface area contributed by atoms with Crippen molar-refractivity contribution < 1.29 is 76.7 Å². The van der Waals surface area contributed by atoms with Crippen LogP contribution < -0.4 is 61.4 Å². The zero-order valence-corrected chi connectivity index (χ0v) is 19.9. The first kappa shape index (κ1) is 23.6. The fourth-order valence-electron chi connectivity index (χ4n) is 2.86. The first-order valence-corrected chi connectivity index (χ1v) is 8.85. The van der Waals surface area contributed by atoms with Crippen molar-refractivity contribution in [3.63, 3.8) is 0 Å². The van der Waals surface area contributed by atoms with Gasteiger partial charge in [-0.15, -0.1) is 0 Å². The summed E-state index contributed by atoms with van der Waals surface area (Å²) in [4.78, 5) is 25.4. The number of amides is 1. The second-order valence-electron chi connectivity index (χ2n) is 6.58.